The monoisotopic (exact) mass is 368 g/mol. The van der Waals surface area contributed by atoms with Crippen molar-refractivity contribution < 1.29 is 14.1 Å². The zero-order chi connectivity index (χ0) is 17.4. The summed E-state index contributed by atoms with van der Waals surface area (Å²) in [5.41, 5.74) is 2.66. The summed E-state index contributed by atoms with van der Waals surface area (Å²) in [4.78, 5) is 12.4. The summed E-state index contributed by atoms with van der Waals surface area (Å²) in [5, 5.41) is 7.76. The first-order valence-electron chi connectivity index (χ1n) is 7.71. The van der Waals surface area contributed by atoms with Gasteiger partial charge >= 0.3 is 0 Å². The number of hydrogen-bond acceptors (Lipinski definition) is 4. The highest BCUT2D eigenvalue weighted by Crippen LogP contribution is 2.42. The van der Waals surface area contributed by atoms with Crippen molar-refractivity contribution in [2.75, 3.05) is 6.61 Å². The Bertz CT molecular complexity index is 769. The minimum Gasteiger partial charge on any atom is -0.489 e. The van der Waals surface area contributed by atoms with E-state index in [2.05, 4.69) is 10.5 Å². The molecule has 0 saturated heterocycles. The second-order valence-corrected chi connectivity index (χ2v) is 6.84. The van der Waals surface area contributed by atoms with Crippen LogP contribution in [-0.2, 0) is 4.79 Å². The van der Waals surface area contributed by atoms with Gasteiger partial charge in [-0.05, 0) is 25.8 Å². The van der Waals surface area contributed by atoms with Crippen molar-refractivity contribution in [3.05, 3.63) is 44.8 Å². The highest BCUT2D eigenvalue weighted by atomic mass is 35.5. The van der Waals surface area contributed by atoms with Gasteiger partial charge in [0.25, 0.3) is 0 Å². The molecule has 1 aliphatic heterocycles. The normalized spacial score (nSPS) is 17.3. The van der Waals surface area contributed by atoms with Crippen molar-refractivity contribution in [2.24, 2.45) is 0 Å². The number of rotatable bonds is 4. The van der Waals surface area contributed by atoms with E-state index in [-0.39, 0.29) is 17.9 Å². The van der Waals surface area contributed by atoms with Crippen LogP contribution in [0, 0.1) is 13.8 Å². The lowest BCUT2D eigenvalue weighted by atomic mass is 9.95. The Morgan fingerprint density at radius 3 is 2.83 bits per heavy atom. The maximum absolute atomic E-state index is 12.4. The molecule has 1 N–H and O–H groups in total. The Morgan fingerprint density at radius 2 is 2.17 bits per heavy atom. The van der Waals surface area contributed by atoms with Crippen LogP contribution in [0.1, 0.15) is 47.9 Å². The van der Waals surface area contributed by atoms with Crippen LogP contribution in [0.25, 0.3) is 0 Å². The van der Waals surface area contributed by atoms with Gasteiger partial charge in [0.2, 0.25) is 5.91 Å². The molecule has 2 aromatic rings. The molecule has 1 aliphatic rings. The molecule has 5 nitrogen and oxygen atoms in total. The molecule has 0 fully saturated rings. The van der Waals surface area contributed by atoms with Gasteiger partial charge in [-0.1, -0.05) is 41.3 Å². The predicted octanol–water partition coefficient (Wildman–Crippen LogP) is 4.34. The lowest BCUT2D eigenvalue weighted by molar-refractivity contribution is -0.122. The van der Waals surface area contributed by atoms with Crippen molar-refractivity contribution in [1.82, 2.24) is 10.5 Å². The van der Waals surface area contributed by atoms with Crippen LogP contribution in [0.2, 0.25) is 10.0 Å². The van der Waals surface area contributed by atoms with Crippen LogP contribution in [0.4, 0.5) is 0 Å². The van der Waals surface area contributed by atoms with E-state index in [1.54, 1.807) is 6.07 Å². The van der Waals surface area contributed by atoms with Gasteiger partial charge in [-0.3, -0.25) is 4.79 Å². The number of fused-ring (bicyclic) bond motifs is 1. The average molecular weight is 369 g/mol. The Kier molecular flexibility index (Phi) is 4.74. The summed E-state index contributed by atoms with van der Waals surface area (Å²) in [6.45, 7) is 6.08. The van der Waals surface area contributed by atoms with Crippen LogP contribution >= 0.6 is 23.2 Å². The number of ether oxygens (including phenoxy) is 1. The van der Waals surface area contributed by atoms with Crippen molar-refractivity contribution in [3.63, 3.8) is 0 Å². The lowest BCUT2D eigenvalue weighted by Gasteiger charge is -2.15. The number of halogens is 2. The molecular formula is C17H18Cl2N2O3. The minimum absolute atomic E-state index is 0.0202. The van der Waals surface area contributed by atoms with E-state index in [4.69, 9.17) is 32.5 Å². The zero-order valence-electron chi connectivity index (χ0n) is 13.7. The molecule has 24 heavy (non-hydrogen) atoms. The van der Waals surface area contributed by atoms with Gasteiger partial charge in [0.1, 0.15) is 23.1 Å². The van der Waals surface area contributed by atoms with Crippen molar-refractivity contribution in [3.8, 4) is 5.75 Å². The molecule has 1 amide bonds. The fraction of sp³-hybridized carbons (Fsp3) is 0.412. The van der Waals surface area contributed by atoms with Crippen LogP contribution in [-0.4, -0.2) is 17.7 Å². The molecule has 1 aromatic heterocycles. The quantitative estimate of drug-likeness (QED) is 0.871. The number of nitrogens with zero attached hydrogens (tertiary/aromatic N) is 1. The molecule has 1 aromatic carbocycles. The van der Waals surface area contributed by atoms with E-state index in [0.717, 1.165) is 22.6 Å². The highest BCUT2D eigenvalue weighted by Gasteiger charge is 2.29. The van der Waals surface area contributed by atoms with Crippen LogP contribution in [0.5, 0.6) is 5.75 Å². The maximum Gasteiger partial charge on any atom is 0.221 e. The molecule has 0 spiro atoms. The molecule has 0 aliphatic carbocycles. The number of aryl methyl sites for hydroxylation is 2. The second kappa shape index (κ2) is 6.65. The Balaban J connectivity index is 1.68. The van der Waals surface area contributed by atoms with Gasteiger partial charge in [0, 0.05) is 17.5 Å². The van der Waals surface area contributed by atoms with Gasteiger partial charge in [-0.15, -0.1) is 0 Å². The SMILES string of the molecule is Cc1noc(C)c1C(C)CC(=O)NC1COc2c1ccc(Cl)c2Cl. The number of carbonyl (C=O) groups is 1. The number of amides is 1. The number of carbonyl (C=O) groups excluding carboxylic acids is 1. The third-order valence-electron chi connectivity index (χ3n) is 4.26. The first kappa shape index (κ1) is 17.1. The van der Waals surface area contributed by atoms with E-state index in [1.165, 1.54) is 0 Å². The molecule has 0 bridgehead atoms. The Morgan fingerprint density at radius 1 is 1.42 bits per heavy atom. The summed E-state index contributed by atoms with van der Waals surface area (Å²) in [6, 6.07) is 3.32. The molecular weight excluding hydrogens is 351 g/mol. The van der Waals surface area contributed by atoms with Gasteiger partial charge in [-0.25, -0.2) is 0 Å². The van der Waals surface area contributed by atoms with Crippen molar-refractivity contribution in [1.29, 1.82) is 0 Å². The maximum atomic E-state index is 12.4. The molecule has 2 heterocycles. The molecule has 7 heteroatoms. The fourth-order valence-electron chi connectivity index (χ4n) is 3.17. The molecule has 0 saturated carbocycles. The summed E-state index contributed by atoms with van der Waals surface area (Å²) < 4.78 is 10.8. The lowest BCUT2D eigenvalue weighted by Crippen LogP contribution is -2.30. The summed E-state index contributed by atoms with van der Waals surface area (Å²) in [5.74, 6) is 1.26. The Hall–Kier alpha value is -1.72. The number of hydrogen-bond donors (Lipinski definition) is 1. The number of benzene rings is 1. The van der Waals surface area contributed by atoms with Gasteiger partial charge in [-0.2, -0.15) is 0 Å². The van der Waals surface area contributed by atoms with Crippen LogP contribution < -0.4 is 10.1 Å². The smallest absolute Gasteiger partial charge is 0.221 e. The minimum atomic E-state index is -0.223. The third kappa shape index (κ3) is 3.10. The largest absolute Gasteiger partial charge is 0.489 e. The number of aromatic nitrogens is 1. The average Bonchev–Trinajstić information content (AvgIpc) is 3.07. The molecule has 2 unspecified atom stereocenters. The van der Waals surface area contributed by atoms with E-state index in [1.807, 2.05) is 26.8 Å². The molecule has 128 valence electrons. The van der Waals surface area contributed by atoms with E-state index >= 15 is 0 Å². The topological polar surface area (TPSA) is 64.4 Å². The zero-order valence-corrected chi connectivity index (χ0v) is 15.2. The predicted molar refractivity (Wildman–Crippen MR) is 91.8 cm³/mol. The third-order valence-corrected chi connectivity index (χ3v) is 5.05. The van der Waals surface area contributed by atoms with Crippen LogP contribution in [0.3, 0.4) is 0 Å². The first-order valence-corrected chi connectivity index (χ1v) is 8.47. The highest BCUT2D eigenvalue weighted by molar-refractivity contribution is 6.43. The molecule has 3 rings (SSSR count). The van der Waals surface area contributed by atoms with Gasteiger partial charge < -0.3 is 14.6 Å². The Labute approximate surface area is 150 Å². The fourth-order valence-corrected chi connectivity index (χ4v) is 3.55. The standard InChI is InChI=1S/C17H18Cl2N2O3/c1-8(15-9(2)21-24-10(15)3)6-14(22)20-13-7-23-17-11(13)4-5-12(18)16(17)19/h4-5,8,13H,6-7H2,1-3H3,(H,20,22). The first-order chi connectivity index (χ1) is 11.4. The summed E-state index contributed by atoms with van der Waals surface area (Å²) in [7, 11) is 0. The van der Waals surface area contributed by atoms with E-state index < -0.39 is 0 Å². The van der Waals surface area contributed by atoms with Crippen LogP contribution in [0.15, 0.2) is 16.7 Å². The molecule has 0 radical (unpaired) electrons. The number of nitrogens with one attached hydrogen (secondary N) is 1. The van der Waals surface area contributed by atoms with E-state index in [9.17, 15) is 4.79 Å². The van der Waals surface area contributed by atoms with Crippen molar-refractivity contribution >= 4 is 29.1 Å². The van der Waals surface area contributed by atoms with Gasteiger partial charge in [0.05, 0.1) is 16.8 Å². The summed E-state index contributed by atoms with van der Waals surface area (Å²) >= 11 is 12.1. The second-order valence-electron chi connectivity index (χ2n) is 6.05. The molecule has 2 atom stereocenters. The summed E-state index contributed by atoms with van der Waals surface area (Å²) in [6.07, 6.45) is 0.343. The van der Waals surface area contributed by atoms with Crippen molar-refractivity contribution in [2.45, 2.75) is 39.2 Å². The van der Waals surface area contributed by atoms with E-state index in [0.29, 0.717) is 28.8 Å². The van der Waals surface area contributed by atoms with Gasteiger partial charge in [0.15, 0.2) is 0 Å².